The van der Waals surface area contributed by atoms with Gasteiger partial charge in [0.2, 0.25) is 0 Å². The van der Waals surface area contributed by atoms with Crippen molar-refractivity contribution in [3.8, 4) is 67.3 Å². The second-order valence-corrected chi connectivity index (χ2v) is 14.6. The molecule has 2 nitrogen and oxygen atoms in total. The molecule has 1 aliphatic carbocycles. The van der Waals surface area contributed by atoms with Gasteiger partial charge in [-0.2, -0.15) is 0 Å². The first kappa shape index (κ1) is 31.1. The van der Waals surface area contributed by atoms with Gasteiger partial charge >= 0.3 is 0 Å². The van der Waals surface area contributed by atoms with E-state index in [0.29, 0.717) is 0 Å². The van der Waals surface area contributed by atoms with E-state index in [4.69, 9.17) is 9.97 Å². The maximum absolute atomic E-state index is 5.18. The van der Waals surface area contributed by atoms with Gasteiger partial charge in [-0.05, 0) is 90.3 Å². The van der Waals surface area contributed by atoms with Crippen molar-refractivity contribution in [3.63, 3.8) is 0 Å². The van der Waals surface area contributed by atoms with E-state index in [1.54, 1.807) is 0 Å². The van der Waals surface area contributed by atoms with E-state index in [2.05, 4.69) is 172 Å². The van der Waals surface area contributed by atoms with E-state index in [0.717, 1.165) is 39.3 Å². The average Bonchev–Trinajstić information content (AvgIpc) is 3.45. The Balaban J connectivity index is 1.12. The van der Waals surface area contributed by atoms with Crippen molar-refractivity contribution >= 4 is 21.5 Å². The molecule has 2 heteroatoms. The minimum absolute atomic E-state index is 0.0872. The number of nitrogens with zero attached hydrogens (tertiary/aromatic N) is 2. The van der Waals surface area contributed by atoms with Crippen LogP contribution in [0.4, 0.5) is 0 Å². The molecule has 0 spiro atoms. The summed E-state index contributed by atoms with van der Waals surface area (Å²) < 4.78 is 0. The van der Waals surface area contributed by atoms with Gasteiger partial charge in [-0.3, -0.25) is 0 Å². The average molecular weight is 677 g/mol. The number of benzene rings is 8. The molecule has 0 aliphatic heterocycles. The van der Waals surface area contributed by atoms with E-state index in [9.17, 15) is 0 Å². The van der Waals surface area contributed by atoms with Crippen LogP contribution in [0.5, 0.6) is 0 Å². The van der Waals surface area contributed by atoms with Crippen molar-refractivity contribution in [1.82, 2.24) is 9.97 Å². The summed E-state index contributed by atoms with van der Waals surface area (Å²) in [5.74, 6) is 0.718. The van der Waals surface area contributed by atoms with E-state index in [1.165, 1.54) is 60.7 Å². The summed E-state index contributed by atoms with van der Waals surface area (Å²) in [6, 6.07) is 65.4. The Kier molecular flexibility index (Phi) is 7.19. The molecule has 53 heavy (non-hydrogen) atoms. The lowest BCUT2D eigenvalue weighted by Crippen LogP contribution is -2.14. The normalized spacial score (nSPS) is 12.9. The van der Waals surface area contributed by atoms with E-state index < -0.39 is 0 Å². The Hall–Kier alpha value is -6.64. The number of hydrogen-bond donors (Lipinski definition) is 0. The molecule has 1 aliphatic rings. The predicted molar refractivity (Wildman–Crippen MR) is 222 cm³/mol. The SMILES string of the molecule is CC1(C)c2cc3ccccc3cc2-c2c(-c3cccc(-c4ccc(-c5cc(-c6ccccc6)nc(-c6ccccc6)n5)c5ccccc45)c3)cccc21. The molecule has 0 bridgehead atoms. The van der Waals surface area contributed by atoms with Crippen LogP contribution in [0, 0.1) is 0 Å². The lowest BCUT2D eigenvalue weighted by Gasteiger charge is -2.22. The lowest BCUT2D eigenvalue weighted by molar-refractivity contribution is 0.661. The van der Waals surface area contributed by atoms with Crippen LogP contribution in [0.2, 0.25) is 0 Å². The quantitative estimate of drug-likeness (QED) is 0.181. The Morgan fingerprint density at radius 2 is 0.925 bits per heavy atom. The first-order chi connectivity index (χ1) is 26.0. The van der Waals surface area contributed by atoms with Crippen LogP contribution in [0.15, 0.2) is 182 Å². The van der Waals surface area contributed by atoms with Gasteiger partial charge in [0.05, 0.1) is 11.4 Å². The molecular formula is C51H36N2. The summed E-state index contributed by atoms with van der Waals surface area (Å²) in [4.78, 5) is 10.2. The van der Waals surface area contributed by atoms with Gasteiger partial charge in [0.1, 0.15) is 0 Å². The van der Waals surface area contributed by atoms with Gasteiger partial charge in [-0.25, -0.2) is 9.97 Å². The van der Waals surface area contributed by atoms with Gasteiger partial charge in [0.15, 0.2) is 5.82 Å². The van der Waals surface area contributed by atoms with Crippen molar-refractivity contribution in [2.45, 2.75) is 19.3 Å². The van der Waals surface area contributed by atoms with Gasteiger partial charge in [0.25, 0.3) is 0 Å². The first-order valence-electron chi connectivity index (χ1n) is 18.3. The molecule has 250 valence electrons. The Bertz CT molecular complexity index is 2790. The van der Waals surface area contributed by atoms with Gasteiger partial charge in [-0.1, -0.05) is 172 Å². The standard InChI is InChI=1S/C51H36N2/c1-51(2)45-26-14-25-40(49(45)44-30-35-19-9-10-20-36(35)31-46(44)51)38-22-13-21-37(29-38)39-27-28-43(42-24-12-11-23-41(39)42)48-32-47(33-15-5-3-6-16-33)52-50(53-48)34-17-7-4-8-18-34/h3-32H,1-2H3. The summed E-state index contributed by atoms with van der Waals surface area (Å²) in [5, 5.41) is 4.93. The van der Waals surface area contributed by atoms with Crippen LogP contribution >= 0.6 is 0 Å². The van der Waals surface area contributed by atoms with E-state index in [-0.39, 0.29) is 5.41 Å². The highest BCUT2D eigenvalue weighted by atomic mass is 14.9. The molecule has 0 atom stereocenters. The monoisotopic (exact) mass is 676 g/mol. The smallest absolute Gasteiger partial charge is 0.160 e. The molecule has 0 amide bonds. The highest BCUT2D eigenvalue weighted by molar-refractivity contribution is 6.05. The van der Waals surface area contributed by atoms with Crippen molar-refractivity contribution in [3.05, 3.63) is 193 Å². The summed E-state index contributed by atoms with van der Waals surface area (Å²) in [6.45, 7) is 4.73. The van der Waals surface area contributed by atoms with Gasteiger partial charge in [-0.15, -0.1) is 0 Å². The molecule has 0 radical (unpaired) electrons. The highest BCUT2D eigenvalue weighted by Crippen LogP contribution is 2.53. The van der Waals surface area contributed by atoms with Crippen molar-refractivity contribution in [1.29, 1.82) is 0 Å². The Morgan fingerprint density at radius 3 is 1.68 bits per heavy atom. The molecule has 0 unspecified atom stereocenters. The minimum atomic E-state index is -0.0872. The van der Waals surface area contributed by atoms with Crippen LogP contribution in [-0.4, -0.2) is 9.97 Å². The van der Waals surface area contributed by atoms with E-state index in [1.807, 2.05) is 24.3 Å². The number of rotatable bonds is 5. The largest absolute Gasteiger partial charge is 0.228 e. The van der Waals surface area contributed by atoms with Crippen molar-refractivity contribution in [2.24, 2.45) is 0 Å². The van der Waals surface area contributed by atoms with Crippen LogP contribution in [-0.2, 0) is 5.41 Å². The Labute approximate surface area is 310 Å². The molecule has 1 heterocycles. The molecular weight excluding hydrogens is 641 g/mol. The van der Waals surface area contributed by atoms with E-state index >= 15 is 0 Å². The number of hydrogen-bond acceptors (Lipinski definition) is 2. The maximum atomic E-state index is 5.18. The third kappa shape index (κ3) is 5.18. The van der Waals surface area contributed by atoms with Gasteiger partial charge in [0, 0.05) is 22.1 Å². The number of aromatic nitrogens is 2. The van der Waals surface area contributed by atoms with Crippen molar-refractivity contribution in [2.75, 3.05) is 0 Å². The zero-order chi connectivity index (χ0) is 35.5. The summed E-state index contributed by atoms with van der Waals surface area (Å²) in [6.07, 6.45) is 0. The second-order valence-electron chi connectivity index (χ2n) is 14.6. The number of fused-ring (bicyclic) bond motifs is 5. The first-order valence-corrected chi connectivity index (χ1v) is 18.3. The summed E-state index contributed by atoms with van der Waals surface area (Å²) in [7, 11) is 0. The molecule has 10 rings (SSSR count). The predicted octanol–water partition coefficient (Wildman–Crippen LogP) is 13.4. The molecule has 9 aromatic rings. The fraction of sp³-hybridized carbons (Fsp3) is 0.0588. The minimum Gasteiger partial charge on any atom is -0.228 e. The molecule has 0 fully saturated rings. The molecule has 0 N–H and O–H groups in total. The zero-order valence-electron chi connectivity index (χ0n) is 29.7. The molecule has 0 saturated heterocycles. The van der Waals surface area contributed by atoms with Gasteiger partial charge < -0.3 is 0 Å². The van der Waals surface area contributed by atoms with Crippen LogP contribution in [0.3, 0.4) is 0 Å². The third-order valence-electron chi connectivity index (χ3n) is 11.1. The molecule has 0 saturated carbocycles. The van der Waals surface area contributed by atoms with Crippen LogP contribution in [0.25, 0.3) is 88.8 Å². The van der Waals surface area contributed by atoms with Crippen LogP contribution < -0.4 is 0 Å². The summed E-state index contributed by atoms with van der Waals surface area (Å²) in [5.41, 5.74) is 15.2. The summed E-state index contributed by atoms with van der Waals surface area (Å²) >= 11 is 0. The molecule has 1 aromatic heterocycles. The lowest BCUT2D eigenvalue weighted by atomic mass is 9.81. The fourth-order valence-electron chi connectivity index (χ4n) is 8.40. The fourth-order valence-corrected chi connectivity index (χ4v) is 8.40. The zero-order valence-corrected chi connectivity index (χ0v) is 29.7. The Morgan fingerprint density at radius 1 is 0.358 bits per heavy atom. The third-order valence-corrected chi connectivity index (χ3v) is 11.1. The maximum Gasteiger partial charge on any atom is 0.160 e. The molecule has 8 aromatic carbocycles. The second kappa shape index (κ2) is 12.3. The van der Waals surface area contributed by atoms with Crippen LogP contribution in [0.1, 0.15) is 25.0 Å². The van der Waals surface area contributed by atoms with Crippen molar-refractivity contribution < 1.29 is 0 Å². The topological polar surface area (TPSA) is 25.8 Å². The highest BCUT2D eigenvalue weighted by Gasteiger charge is 2.37.